The summed E-state index contributed by atoms with van der Waals surface area (Å²) in [7, 11) is 1.73. The minimum atomic E-state index is -0.838. The zero-order valence-corrected chi connectivity index (χ0v) is 10.7. The molecular weight excluding hydrogens is 248 g/mol. The molecule has 1 aliphatic heterocycles. The van der Waals surface area contributed by atoms with Gasteiger partial charge in [-0.15, -0.1) is 0 Å². The molecule has 19 heavy (non-hydrogen) atoms. The Hall–Kier alpha value is -2.18. The van der Waals surface area contributed by atoms with Crippen LogP contribution in [0.15, 0.2) is 18.5 Å². The monoisotopic (exact) mass is 264 g/mol. The number of carbonyl (C=O) groups excluding carboxylic acids is 1. The van der Waals surface area contributed by atoms with Crippen LogP contribution in [0.5, 0.6) is 0 Å². The van der Waals surface area contributed by atoms with E-state index in [9.17, 15) is 9.59 Å². The maximum Gasteiger partial charge on any atom is 0.308 e. The topological polar surface area (TPSA) is 86.6 Å². The number of carbonyl (C=O) groups is 2. The summed E-state index contributed by atoms with van der Waals surface area (Å²) < 4.78 is 0. The van der Waals surface area contributed by atoms with Crippen molar-refractivity contribution in [2.24, 2.45) is 5.92 Å². The van der Waals surface area contributed by atoms with E-state index in [1.54, 1.807) is 35.3 Å². The first kappa shape index (κ1) is 13.3. The smallest absolute Gasteiger partial charge is 0.308 e. The summed E-state index contributed by atoms with van der Waals surface area (Å²) in [5, 5.41) is 8.90. The van der Waals surface area contributed by atoms with Gasteiger partial charge in [-0.05, 0) is 12.5 Å². The number of aromatic nitrogens is 2. The standard InChI is InChI=1S/C12H16N4O3/c1-15(12-13-4-2-5-14-12)8-10(17)16-6-3-9(7-16)11(18)19/h2,4-5,9H,3,6-8H2,1H3,(H,18,19). The lowest BCUT2D eigenvalue weighted by atomic mass is 10.1. The van der Waals surface area contributed by atoms with Crippen LogP contribution >= 0.6 is 0 Å². The number of carboxylic acids is 1. The van der Waals surface area contributed by atoms with Crippen molar-refractivity contribution in [3.8, 4) is 0 Å². The normalized spacial score (nSPS) is 18.4. The third kappa shape index (κ3) is 3.18. The maximum atomic E-state index is 12.0. The van der Waals surface area contributed by atoms with Crippen molar-refractivity contribution >= 4 is 17.8 Å². The molecule has 0 spiro atoms. The van der Waals surface area contributed by atoms with Crippen molar-refractivity contribution in [1.82, 2.24) is 14.9 Å². The van der Waals surface area contributed by atoms with Crippen molar-refractivity contribution < 1.29 is 14.7 Å². The van der Waals surface area contributed by atoms with E-state index in [1.807, 2.05) is 0 Å². The minimum absolute atomic E-state index is 0.0984. The molecule has 1 saturated heterocycles. The van der Waals surface area contributed by atoms with Gasteiger partial charge in [-0.3, -0.25) is 9.59 Å². The maximum absolute atomic E-state index is 12.0. The number of aliphatic carboxylic acids is 1. The van der Waals surface area contributed by atoms with Crippen LogP contribution < -0.4 is 4.90 Å². The molecule has 1 amide bonds. The number of anilines is 1. The van der Waals surface area contributed by atoms with Crippen molar-refractivity contribution in [3.05, 3.63) is 18.5 Å². The molecule has 7 nitrogen and oxygen atoms in total. The van der Waals surface area contributed by atoms with E-state index in [1.165, 1.54) is 0 Å². The van der Waals surface area contributed by atoms with Gasteiger partial charge in [0.25, 0.3) is 0 Å². The summed E-state index contributed by atoms with van der Waals surface area (Å²) in [5.41, 5.74) is 0. The molecule has 1 N–H and O–H groups in total. The molecule has 1 fully saturated rings. The van der Waals surface area contributed by atoms with Crippen molar-refractivity contribution in [3.63, 3.8) is 0 Å². The molecule has 0 saturated carbocycles. The van der Waals surface area contributed by atoms with Crippen LogP contribution in [0.4, 0.5) is 5.95 Å². The third-order valence-corrected chi connectivity index (χ3v) is 3.16. The second-order valence-corrected chi connectivity index (χ2v) is 4.57. The molecule has 0 radical (unpaired) electrons. The molecule has 0 aromatic carbocycles. The molecule has 2 rings (SSSR count). The zero-order valence-electron chi connectivity index (χ0n) is 10.7. The number of hydrogen-bond acceptors (Lipinski definition) is 5. The third-order valence-electron chi connectivity index (χ3n) is 3.16. The lowest BCUT2D eigenvalue weighted by molar-refractivity contribution is -0.141. The molecular formula is C12H16N4O3. The number of likely N-dealkylation sites (tertiary alicyclic amines) is 1. The molecule has 1 aliphatic rings. The average Bonchev–Trinajstić information content (AvgIpc) is 2.89. The van der Waals surface area contributed by atoms with Gasteiger partial charge in [-0.25, -0.2) is 9.97 Å². The van der Waals surface area contributed by atoms with Gasteiger partial charge in [0, 0.05) is 32.5 Å². The Morgan fingerprint density at radius 3 is 2.74 bits per heavy atom. The molecule has 0 bridgehead atoms. The number of rotatable bonds is 4. The number of likely N-dealkylation sites (N-methyl/N-ethyl adjacent to an activating group) is 1. The number of nitrogens with zero attached hydrogens (tertiary/aromatic N) is 4. The second-order valence-electron chi connectivity index (χ2n) is 4.57. The fourth-order valence-corrected chi connectivity index (χ4v) is 2.05. The van der Waals surface area contributed by atoms with Crippen LogP contribution in [-0.4, -0.2) is 58.5 Å². The molecule has 1 aromatic rings. The first-order valence-electron chi connectivity index (χ1n) is 6.06. The Morgan fingerprint density at radius 2 is 2.16 bits per heavy atom. The number of carboxylic acid groups (broad SMARTS) is 1. The quantitative estimate of drug-likeness (QED) is 0.813. The van der Waals surface area contributed by atoms with Crippen molar-refractivity contribution in [2.45, 2.75) is 6.42 Å². The van der Waals surface area contributed by atoms with E-state index >= 15 is 0 Å². The first-order valence-corrected chi connectivity index (χ1v) is 6.06. The lowest BCUT2D eigenvalue weighted by Gasteiger charge is -2.21. The Bertz CT molecular complexity index is 465. The highest BCUT2D eigenvalue weighted by atomic mass is 16.4. The first-order chi connectivity index (χ1) is 9.08. The van der Waals surface area contributed by atoms with Gasteiger partial charge < -0.3 is 14.9 Å². The fourth-order valence-electron chi connectivity index (χ4n) is 2.05. The SMILES string of the molecule is CN(CC(=O)N1CCC(C(=O)O)C1)c1ncccn1. The van der Waals surface area contributed by atoms with Gasteiger partial charge in [0.2, 0.25) is 11.9 Å². The van der Waals surface area contributed by atoms with Gasteiger partial charge >= 0.3 is 5.97 Å². The van der Waals surface area contributed by atoms with Gasteiger partial charge in [0.15, 0.2) is 0 Å². The van der Waals surface area contributed by atoms with E-state index < -0.39 is 11.9 Å². The average molecular weight is 264 g/mol. The van der Waals surface area contributed by atoms with E-state index in [0.29, 0.717) is 18.9 Å². The summed E-state index contributed by atoms with van der Waals surface area (Å²) >= 11 is 0. The van der Waals surface area contributed by atoms with E-state index in [2.05, 4.69) is 9.97 Å². The Labute approximate surface area is 110 Å². The highest BCUT2D eigenvalue weighted by Crippen LogP contribution is 2.16. The highest BCUT2D eigenvalue weighted by molar-refractivity contribution is 5.82. The van der Waals surface area contributed by atoms with Crippen LogP contribution in [0.1, 0.15) is 6.42 Å². The Balaban J connectivity index is 1.90. The highest BCUT2D eigenvalue weighted by Gasteiger charge is 2.31. The predicted octanol–water partition coefficient (Wildman–Crippen LogP) is -0.154. The summed E-state index contributed by atoms with van der Waals surface area (Å²) in [6.07, 6.45) is 3.74. The van der Waals surface area contributed by atoms with E-state index in [0.717, 1.165) is 0 Å². The summed E-state index contributed by atoms with van der Waals surface area (Å²) in [6, 6.07) is 1.71. The Kier molecular flexibility index (Phi) is 3.94. The summed E-state index contributed by atoms with van der Waals surface area (Å²) in [4.78, 5) is 34.2. The van der Waals surface area contributed by atoms with Crippen LogP contribution in [0.3, 0.4) is 0 Å². The van der Waals surface area contributed by atoms with Gasteiger partial charge in [0.1, 0.15) is 0 Å². The molecule has 1 atom stereocenters. The molecule has 2 heterocycles. The summed E-state index contributed by atoms with van der Waals surface area (Å²) in [6.45, 7) is 0.938. The number of amides is 1. The molecule has 7 heteroatoms. The van der Waals surface area contributed by atoms with Crippen molar-refractivity contribution in [1.29, 1.82) is 0 Å². The Morgan fingerprint density at radius 1 is 1.47 bits per heavy atom. The van der Waals surface area contributed by atoms with Crippen molar-refractivity contribution in [2.75, 3.05) is 31.6 Å². The van der Waals surface area contributed by atoms with Gasteiger partial charge in [-0.2, -0.15) is 0 Å². The van der Waals surface area contributed by atoms with Crippen LogP contribution in [-0.2, 0) is 9.59 Å². The largest absolute Gasteiger partial charge is 0.481 e. The van der Waals surface area contributed by atoms with Crippen LogP contribution in [0, 0.1) is 5.92 Å². The minimum Gasteiger partial charge on any atom is -0.481 e. The van der Waals surface area contributed by atoms with E-state index in [-0.39, 0.29) is 19.0 Å². The lowest BCUT2D eigenvalue weighted by Crippen LogP contribution is -2.38. The fraction of sp³-hybridized carbons (Fsp3) is 0.500. The molecule has 0 aliphatic carbocycles. The van der Waals surface area contributed by atoms with Crippen LogP contribution in [0.2, 0.25) is 0 Å². The number of hydrogen-bond donors (Lipinski definition) is 1. The van der Waals surface area contributed by atoms with Gasteiger partial charge in [0.05, 0.1) is 12.5 Å². The predicted molar refractivity (Wildman–Crippen MR) is 67.6 cm³/mol. The van der Waals surface area contributed by atoms with Gasteiger partial charge in [-0.1, -0.05) is 0 Å². The molecule has 102 valence electrons. The van der Waals surface area contributed by atoms with E-state index in [4.69, 9.17) is 5.11 Å². The van der Waals surface area contributed by atoms with Crippen LogP contribution in [0.25, 0.3) is 0 Å². The molecule has 1 aromatic heterocycles. The second kappa shape index (κ2) is 5.64. The summed E-state index contributed by atoms with van der Waals surface area (Å²) in [5.74, 6) is -0.902. The molecule has 1 unspecified atom stereocenters. The zero-order chi connectivity index (χ0) is 13.8.